The molecule has 5 nitrogen and oxygen atoms in total. The van der Waals surface area contributed by atoms with Crippen LogP contribution in [0.5, 0.6) is 0 Å². The van der Waals surface area contributed by atoms with E-state index in [-0.39, 0.29) is 11.7 Å². The van der Waals surface area contributed by atoms with Gasteiger partial charge in [0.25, 0.3) is 5.91 Å². The number of carbonyl (C=O) groups excluding carboxylic acids is 1. The fraction of sp³-hybridized carbons (Fsp3) is 0.429. The van der Waals surface area contributed by atoms with Gasteiger partial charge in [-0.25, -0.2) is 0 Å². The first-order chi connectivity index (χ1) is 9.20. The van der Waals surface area contributed by atoms with Crippen LogP contribution in [0.2, 0.25) is 0 Å². The summed E-state index contributed by atoms with van der Waals surface area (Å²) in [5, 5.41) is 14.4. The summed E-state index contributed by atoms with van der Waals surface area (Å²) in [4.78, 5) is 11.9. The summed E-state index contributed by atoms with van der Waals surface area (Å²) in [6.45, 7) is 0.706. The van der Waals surface area contributed by atoms with Crippen molar-refractivity contribution in [2.24, 2.45) is 16.8 Å². The molecule has 0 spiro atoms. The zero-order chi connectivity index (χ0) is 13.7. The molecule has 0 atom stereocenters. The molecule has 1 aromatic carbocycles. The van der Waals surface area contributed by atoms with Crippen molar-refractivity contribution >= 4 is 11.7 Å². The molecule has 1 aliphatic rings. The van der Waals surface area contributed by atoms with E-state index < -0.39 is 0 Å². The van der Waals surface area contributed by atoms with E-state index in [2.05, 4.69) is 10.5 Å². The second-order valence-electron chi connectivity index (χ2n) is 4.91. The van der Waals surface area contributed by atoms with Crippen LogP contribution in [0, 0.1) is 5.92 Å². The summed E-state index contributed by atoms with van der Waals surface area (Å²) in [7, 11) is 0. The summed E-state index contributed by atoms with van der Waals surface area (Å²) >= 11 is 0. The molecule has 0 aliphatic heterocycles. The Morgan fingerprint density at radius 3 is 2.79 bits per heavy atom. The molecular weight excluding hydrogens is 242 g/mol. The topological polar surface area (TPSA) is 87.7 Å². The lowest BCUT2D eigenvalue weighted by Crippen LogP contribution is -2.27. The second-order valence-corrected chi connectivity index (χ2v) is 4.91. The second kappa shape index (κ2) is 6.22. The van der Waals surface area contributed by atoms with Gasteiger partial charge in [0, 0.05) is 17.7 Å². The Kier molecular flexibility index (Phi) is 4.39. The number of nitrogens with zero attached hydrogens (tertiary/aromatic N) is 1. The van der Waals surface area contributed by atoms with Crippen LogP contribution in [0.4, 0.5) is 0 Å². The van der Waals surface area contributed by atoms with Gasteiger partial charge in [0.05, 0.1) is 0 Å². The van der Waals surface area contributed by atoms with Gasteiger partial charge >= 0.3 is 0 Å². The maximum atomic E-state index is 11.9. The monoisotopic (exact) mass is 261 g/mol. The molecule has 0 heterocycles. The highest BCUT2D eigenvalue weighted by Crippen LogP contribution is 2.28. The standard InChI is InChI=1S/C14H19N3O2/c15-13(17-19)11-5-2-6-12(9-11)14(18)16-8-7-10-3-1-4-10/h2,5-6,9-10,19H,1,3-4,7-8H2,(H2,15,17)(H,16,18). The van der Waals surface area contributed by atoms with E-state index in [1.54, 1.807) is 24.3 Å². The number of rotatable bonds is 5. The van der Waals surface area contributed by atoms with Crippen LogP contribution < -0.4 is 11.1 Å². The fourth-order valence-electron chi connectivity index (χ4n) is 2.15. The minimum Gasteiger partial charge on any atom is -0.409 e. The van der Waals surface area contributed by atoms with E-state index in [1.165, 1.54) is 19.3 Å². The average molecular weight is 261 g/mol. The number of amides is 1. The Balaban J connectivity index is 1.90. The van der Waals surface area contributed by atoms with Crippen LogP contribution in [0.3, 0.4) is 0 Å². The molecule has 1 aromatic rings. The van der Waals surface area contributed by atoms with E-state index >= 15 is 0 Å². The summed E-state index contributed by atoms with van der Waals surface area (Å²) in [6.07, 6.45) is 4.94. The van der Waals surface area contributed by atoms with E-state index in [0.717, 1.165) is 12.3 Å². The number of nitrogens with two attached hydrogens (primary N) is 1. The molecule has 102 valence electrons. The first-order valence-corrected chi connectivity index (χ1v) is 6.57. The third kappa shape index (κ3) is 3.47. The number of amidine groups is 1. The Morgan fingerprint density at radius 2 is 2.16 bits per heavy atom. The Morgan fingerprint density at radius 1 is 1.42 bits per heavy atom. The number of nitrogens with one attached hydrogen (secondary N) is 1. The number of hydrogen-bond donors (Lipinski definition) is 3. The largest absolute Gasteiger partial charge is 0.409 e. The summed E-state index contributed by atoms with van der Waals surface area (Å²) in [5.74, 6) is 0.667. The van der Waals surface area contributed by atoms with Gasteiger partial charge in [-0.2, -0.15) is 0 Å². The minimum absolute atomic E-state index is 0.00381. The summed E-state index contributed by atoms with van der Waals surface area (Å²) in [5.41, 5.74) is 6.56. The highest BCUT2D eigenvalue weighted by molar-refractivity contribution is 6.01. The van der Waals surface area contributed by atoms with Crippen LogP contribution in [-0.4, -0.2) is 23.5 Å². The number of benzene rings is 1. The van der Waals surface area contributed by atoms with Crippen LogP contribution in [0.25, 0.3) is 0 Å². The lowest BCUT2D eigenvalue weighted by atomic mass is 9.83. The van der Waals surface area contributed by atoms with Gasteiger partial charge in [-0.05, 0) is 24.5 Å². The third-order valence-corrected chi connectivity index (χ3v) is 3.59. The molecule has 0 saturated heterocycles. The predicted octanol–water partition coefficient (Wildman–Crippen LogP) is 1.70. The first kappa shape index (κ1) is 13.4. The molecule has 1 amide bonds. The van der Waals surface area contributed by atoms with Crippen LogP contribution >= 0.6 is 0 Å². The molecule has 5 heteroatoms. The van der Waals surface area contributed by atoms with Crippen molar-refractivity contribution in [1.82, 2.24) is 5.32 Å². The SMILES string of the molecule is N/C(=N/O)c1cccc(C(=O)NCCC2CCC2)c1. The molecule has 0 bridgehead atoms. The van der Waals surface area contributed by atoms with Crippen molar-refractivity contribution in [3.8, 4) is 0 Å². The summed E-state index contributed by atoms with van der Waals surface area (Å²) < 4.78 is 0. The van der Waals surface area contributed by atoms with Crippen molar-refractivity contribution in [2.75, 3.05) is 6.54 Å². The molecule has 1 aliphatic carbocycles. The smallest absolute Gasteiger partial charge is 0.251 e. The predicted molar refractivity (Wildman–Crippen MR) is 73.2 cm³/mol. The van der Waals surface area contributed by atoms with Crippen molar-refractivity contribution in [1.29, 1.82) is 0 Å². The van der Waals surface area contributed by atoms with E-state index in [4.69, 9.17) is 10.9 Å². The molecule has 2 rings (SSSR count). The summed E-state index contributed by atoms with van der Waals surface area (Å²) in [6, 6.07) is 6.75. The van der Waals surface area contributed by atoms with Gasteiger partial charge < -0.3 is 16.3 Å². The van der Waals surface area contributed by atoms with Gasteiger partial charge in [-0.3, -0.25) is 4.79 Å². The molecule has 4 N–H and O–H groups in total. The van der Waals surface area contributed by atoms with Crippen LogP contribution in [-0.2, 0) is 0 Å². The zero-order valence-electron chi connectivity index (χ0n) is 10.8. The van der Waals surface area contributed by atoms with E-state index in [9.17, 15) is 4.79 Å². The third-order valence-electron chi connectivity index (χ3n) is 3.59. The van der Waals surface area contributed by atoms with Gasteiger partial charge in [-0.1, -0.05) is 36.6 Å². The van der Waals surface area contributed by atoms with Crippen molar-refractivity contribution in [3.63, 3.8) is 0 Å². The van der Waals surface area contributed by atoms with E-state index in [0.29, 0.717) is 17.7 Å². The van der Waals surface area contributed by atoms with Gasteiger partial charge in [-0.15, -0.1) is 0 Å². The zero-order valence-corrected chi connectivity index (χ0v) is 10.8. The molecule has 1 saturated carbocycles. The number of hydrogen-bond acceptors (Lipinski definition) is 3. The lowest BCUT2D eigenvalue weighted by Gasteiger charge is -2.25. The molecule has 1 fully saturated rings. The Bertz CT molecular complexity index is 481. The van der Waals surface area contributed by atoms with Crippen LogP contribution in [0.1, 0.15) is 41.6 Å². The van der Waals surface area contributed by atoms with Gasteiger partial charge in [0.15, 0.2) is 5.84 Å². The first-order valence-electron chi connectivity index (χ1n) is 6.57. The van der Waals surface area contributed by atoms with Gasteiger partial charge in [0.1, 0.15) is 0 Å². The van der Waals surface area contributed by atoms with Crippen molar-refractivity contribution in [2.45, 2.75) is 25.7 Å². The Labute approximate surface area is 112 Å². The molecule has 19 heavy (non-hydrogen) atoms. The van der Waals surface area contributed by atoms with Crippen LogP contribution in [0.15, 0.2) is 29.4 Å². The van der Waals surface area contributed by atoms with Crippen molar-refractivity contribution in [3.05, 3.63) is 35.4 Å². The fourth-order valence-corrected chi connectivity index (χ4v) is 2.15. The molecule has 0 unspecified atom stereocenters. The minimum atomic E-state index is -0.119. The normalized spacial score (nSPS) is 15.9. The van der Waals surface area contributed by atoms with Gasteiger partial charge in [0.2, 0.25) is 0 Å². The quantitative estimate of drug-likeness (QED) is 0.326. The number of oxime groups is 1. The maximum absolute atomic E-state index is 11.9. The average Bonchev–Trinajstić information content (AvgIpc) is 2.40. The van der Waals surface area contributed by atoms with Crippen molar-refractivity contribution < 1.29 is 10.0 Å². The Hall–Kier alpha value is -2.04. The molecule has 0 radical (unpaired) electrons. The number of carbonyl (C=O) groups is 1. The maximum Gasteiger partial charge on any atom is 0.251 e. The highest BCUT2D eigenvalue weighted by atomic mass is 16.4. The van der Waals surface area contributed by atoms with E-state index in [1.807, 2.05) is 0 Å². The molecular formula is C14H19N3O2. The highest BCUT2D eigenvalue weighted by Gasteiger charge is 2.17. The lowest BCUT2D eigenvalue weighted by molar-refractivity contribution is 0.0949. The molecule has 0 aromatic heterocycles.